The minimum atomic E-state index is -3.44. The summed E-state index contributed by atoms with van der Waals surface area (Å²) in [7, 11) is -1.77. The first-order valence-corrected chi connectivity index (χ1v) is 10.3. The quantitative estimate of drug-likeness (QED) is 0.846. The molecule has 7 heteroatoms. The van der Waals surface area contributed by atoms with Crippen LogP contribution in [-0.4, -0.2) is 42.1 Å². The third-order valence-corrected chi connectivity index (χ3v) is 7.74. The lowest BCUT2D eigenvalue weighted by atomic mass is 10.2. The molecule has 0 N–H and O–H groups in total. The van der Waals surface area contributed by atoms with Crippen molar-refractivity contribution in [3.63, 3.8) is 0 Å². The molecule has 2 heterocycles. The van der Waals surface area contributed by atoms with Gasteiger partial charge in [0.25, 0.3) is 10.2 Å². The van der Waals surface area contributed by atoms with E-state index in [-0.39, 0.29) is 6.04 Å². The number of hydrogen-bond donors (Lipinski definition) is 0. The van der Waals surface area contributed by atoms with E-state index < -0.39 is 10.2 Å². The summed E-state index contributed by atoms with van der Waals surface area (Å²) in [5.41, 5.74) is 0.930. The molecular weight excluding hydrogens is 330 g/mol. The van der Waals surface area contributed by atoms with Crippen molar-refractivity contribution in [2.75, 3.05) is 20.1 Å². The first kappa shape index (κ1) is 16.8. The highest BCUT2D eigenvalue weighted by Gasteiger charge is 2.32. The van der Waals surface area contributed by atoms with Gasteiger partial charge in [-0.05, 0) is 31.9 Å². The Labute approximate surface area is 142 Å². The molecule has 1 aliphatic rings. The molecule has 0 radical (unpaired) electrons. The van der Waals surface area contributed by atoms with Crippen molar-refractivity contribution in [1.29, 1.82) is 0 Å². The lowest BCUT2D eigenvalue weighted by Crippen LogP contribution is -2.43. The van der Waals surface area contributed by atoms with Crippen LogP contribution in [0.2, 0.25) is 0 Å². The zero-order chi connectivity index (χ0) is 16.4. The van der Waals surface area contributed by atoms with Crippen LogP contribution in [0.3, 0.4) is 0 Å². The Balaban J connectivity index is 1.83. The second-order valence-corrected chi connectivity index (χ2v) is 9.08. The Morgan fingerprint density at radius 1 is 1.17 bits per heavy atom. The summed E-state index contributed by atoms with van der Waals surface area (Å²) in [5.74, 6) is 0. The van der Waals surface area contributed by atoms with Crippen molar-refractivity contribution in [3.8, 4) is 0 Å². The third kappa shape index (κ3) is 3.42. The van der Waals surface area contributed by atoms with Gasteiger partial charge in [-0.3, -0.25) is 0 Å². The topological polar surface area (TPSA) is 53.5 Å². The number of para-hydroxylation sites is 1. The summed E-state index contributed by atoms with van der Waals surface area (Å²) in [6, 6.07) is 7.65. The van der Waals surface area contributed by atoms with E-state index in [1.54, 1.807) is 22.7 Å². The van der Waals surface area contributed by atoms with E-state index in [2.05, 4.69) is 4.98 Å². The molecule has 0 unspecified atom stereocenters. The molecule has 5 nitrogen and oxygen atoms in total. The van der Waals surface area contributed by atoms with Crippen molar-refractivity contribution in [3.05, 3.63) is 29.3 Å². The molecule has 1 aliphatic heterocycles. The third-order valence-electron chi connectivity index (χ3n) is 4.47. The molecule has 1 aromatic heterocycles. The smallest absolute Gasteiger partial charge is 0.239 e. The molecule has 0 aliphatic carbocycles. The lowest BCUT2D eigenvalue weighted by molar-refractivity contribution is 0.332. The van der Waals surface area contributed by atoms with E-state index >= 15 is 0 Å². The molecule has 0 amide bonds. The zero-order valence-corrected chi connectivity index (χ0v) is 15.2. The Morgan fingerprint density at radius 2 is 1.83 bits per heavy atom. The number of hydrogen-bond acceptors (Lipinski definition) is 4. The molecule has 0 saturated carbocycles. The molecule has 0 spiro atoms. The molecule has 23 heavy (non-hydrogen) atoms. The SMILES string of the molecule is C[C@H](c1nc2ccccc2s1)N(C)S(=O)(=O)N1CCCCCC1. The minimum Gasteiger partial charge on any atom is -0.239 e. The molecular formula is C16H23N3O2S2. The van der Waals surface area contributed by atoms with Crippen LogP contribution in [0.5, 0.6) is 0 Å². The summed E-state index contributed by atoms with van der Waals surface area (Å²) < 4.78 is 30.0. The number of fused-ring (bicyclic) bond motifs is 1. The Hall–Kier alpha value is -1.02. The molecule has 0 bridgehead atoms. The Morgan fingerprint density at radius 3 is 2.48 bits per heavy atom. The second-order valence-electron chi connectivity index (χ2n) is 6.03. The van der Waals surface area contributed by atoms with Gasteiger partial charge in [-0.2, -0.15) is 17.0 Å². The van der Waals surface area contributed by atoms with Gasteiger partial charge in [0, 0.05) is 20.1 Å². The van der Waals surface area contributed by atoms with Crippen molar-refractivity contribution >= 4 is 31.8 Å². The second kappa shape index (κ2) is 6.84. The van der Waals surface area contributed by atoms with E-state index in [1.807, 2.05) is 31.2 Å². The first-order chi connectivity index (χ1) is 11.0. The summed E-state index contributed by atoms with van der Waals surface area (Å²) >= 11 is 1.56. The maximum Gasteiger partial charge on any atom is 0.282 e. The van der Waals surface area contributed by atoms with E-state index in [0.29, 0.717) is 13.1 Å². The molecule has 1 saturated heterocycles. The monoisotopic (exact) mass is 353 g/mol. The highest BCUT2D eigenvalue weighted by Crippen LogP contribution is 2.31. The highest BCUT2D eigenvalue weighted by molar-refractivity contribution is 7.86. The number of nitrogens with zero attached hydrogens (tertiary/aromatic N) is 3. The van der Waals surface area contributed by atoms with Crippen LogP contribution in [0, 0.1) is 0 Å². The molecule has 1 fully saturated rings. The van der Waals surface area contributed by atoms with Gasteiger partial charge >= 0.3 is 0 Å². The maximum absolute atomic E-state index is 12.9. The van der Waals surface area contributed by atoms with Gasteiger partial charge < -0.3 is 0 Å². The normalized spacial score (nSPS) is 19.1. The summed E-state index contributed by atoms with van der Waals surface area (Å²) in [6.45, 7) is 3.16. The fourth-order valence-electron chi connectivity index (χ4n) is 2.88. The van der Waals surface area contributed by atoms with Crippen LogP contribution in [0.1, 0.15) is 43.7 Å². The highest BCUT2D eigenvalue weighted by atomic mass is 32.2. The molecule has 3 rings (SSSR count). The summed E-state index contributed by atoms with van der Waals surface area (Å²) in [4.78, 5) is 4.60. The van der Waals surface area contributed by atoms with E-state index in [0.717, 1.165) is 40.9 Å². The average molecular weight is 354 g/mol. The Bertz CT molecular complexity index is 731. The van der Waals surface area contributed by atoms with Crippen LogP contribution in [0.15, 0.2) is 24.3 Å². The van der Waals surface area contributed by atoms with Crippen LogP contribution in [0.4, 0.5) is 0 Å². The number of aromatic nitrogens is 1. The van der Waals surface area contributed by atoms with Crippen molar-refractivity contribution < 1.29 is 8.42 Å². The van der Waals surface area contributed by atoms with Crippen molar-refractivity contribution in [1.82, 2.24) is 13.6 Å². The van der Waals surface area contributed by atoms with Crippen molar-refractivity contribution in [2.45, 2.75) is 38.6 Å². The largest absolute Gasteiger partial charge is 0.282 e. The average Bonchev–Trinajstić information content (AvgIpc) is 2.78. The van der Waals surface area contributed by atoms with Gasteiger partial charge in [0.2, 0.25) is 0 Å². The lowest BCUT2D eigenvalue weighted by Gasteiger charge is -2.29. The number of benzene rings is 1. The summed E-state index contributed by atoms with van der Waals surface area (Å²) in [6.07, 6.45) is 4.12. The fraction of sp³-hybridized carbons (Fsp3) is 0.562. The van der Waals surface area contributed by atoms with Gasteiger partial charge in [0.15, 0.2) is 0 Å². The molecule has 126 valence electrons. The minimum absolute atomic E-state index is 0.263. The van der Waals surface area contributed by atoms with E-state index in [1.165, 1.54) is 4.31 Å². The number of rotatable bonds is 4. The molecule has 1 atom stereocenters. The number of thiazole rings is 1. The standard InChI is InChI=1S/C16H23N3O2S2/c1-13(16-17-14-9-5-6-10-15(14)22-16)18(2)23(20,21)19-11-7-3-4-8-12-19/h5-6,9-10,13H,3-4,7-8,11-12H2,1-2H3/t13-/m1/s1. The van der Waals surface area contributed by atoms with Crippen molar-refractivity contribution in [2.24, 2.45) is 0 Å². The summed E-state index contributed by atoms with van der Waals surface area (Å²) in [5, 5.41) is 0.840. The van der Waals surface area contributed by atoms with Gasteiger partial charge in [0.05, 0.1) is 16.3 Å². The molecule has 1 aromatic carbocycles. The van der Waals surface area contributed by atoms with Crippen LogP contribution in [-0.2, 0) is 10.2 Å². The zero-order valence-electron chi connectivity index (χ0n) is 13.6. The van der Waals surface area contributed by atoms with Gasteiger partial charge in [-0.25, -0.2) is 4.98 Å². The van der Waals surface area contributed by atoms with Gasteiger partial charge in [-0.15, -0.1) is 11.3 Å². The fourth-order valence-corrected chi connectivity index (χ4v) is 5.59. The molecule has 2 aromatic rings. The van der Waals surface area contributed by atoms with Crippen LogP contribution >= 0.6 is 11.3 Å². The maximum atomic E-state index is 12.9. The predicted octanol–water partition coefficient (Wildman–Crippen LogP) is 3.41. The van der Waals surface area contributed by atoms with Crippen LogP contribution in [0.25, 0.3) is 10.2 Å². The van der Waals surface area contributed by atoms with Gasteiger partial charge in [0.1, 0.15) is 5.01 Å². The first-order valence-electron chi connectivity index (χ1n) is 8.09. The van der Waals surface area contributed by atoms with Crippen LogP contribution < -0.4 is 0 Å². The van der Waals surface area contributed by atoms with Gasteiger partial charge in [-0.1, -0.05) is 25.0 Å². The Kier molecular flexibility index (Phi) is 5.01. The van der Waals surface area contributed by atoms with E-state index in [9.17, 15) is 8.42 Å². The predicted molar refractivity (Wildman–Crippen MR) is 94.8 cm³/mol. The van der Waals surface area contributed by atoms with E-state index in [4.69, 9.17) is 0 Å².